The summed E-state index contributed by atoms with van der Waals surface area (Å²) in [7, 11) is -4.54. The molecule has 0 N–H and O–H groups in total. The summed E-state index contributed by atoms with van der Waals surface area (Å²) in [6.07, 6.45) is 15.4. The quantitative estimate of drug-likeness (QED) is 0.270. The highest BCUT2D eigenvalue weighted by Gasteiger charge is 2.51. The summed E-state index contributed by atoms with van der Waals surface area (Å²) in [4.78, 5) is 0. The molecule has 0 aliphatic carbocycles. The highest BCUT2D eigenvalue weighted by molar-refractivity contribution is 7.48. The molecular weight excluding hydrogens is 322 g/mol. The average Bonchev–Trinajstić information content (AvgIpc) is 2.47. The number of rotatable bonds is 13. The fourth-order valence-electron chi connectivity index (χ4n) is 2.56. The van der Waals surface area contributed by atoms with Crippen molar-refractivity contribution in [3.05, 3.63) is 0 Å². The van der Waals surface area contributed by atoms with Crippen LogP contribution in [0.3, 0.4) is 0 Å². The van der Waals surface area contributed by atoms with Crippen LogP contribution in [0.15, 0.2) is 0 Å². The first kappa shape index (κ1) is 20.1. The molecule has 0 aromatic rings. The Balaban J connectivity index is 1.82. The van der Waals surface area contributed by atoms with E-state index in [9.17, 15) is 9.13 Å². The fourth-order valence-corrected chi connectivity index (χ4v) is 4.05. The maximum atomic E-state index is 11.0. The van der Waals surface area contributed by atoms with Gasteiger partial charge in [-0.05, 0) is 6.42 Å². The summed E-state index contributed by atoms with van der Waals surface area (Å²) in [6, 6.07) is 0. The third-order valence-electron chi connectivity index (χ3n) is 3.83. The highest BCUT2D eigenvalue weighted by Crippen LogP contribution is 2.48. The summed E-state index contributed by atoms with van der Waals surface area (Å²) in [5, 5.41) is 0. The van der Waals surface area contributed by atoms with Crippen LogP contribution in [0, 0.1) is 0 Å². The van der Waals surface area contributed by atoms with Crippen molar-refractivity contribution in [2.45, 2.75) is 96.7 Å². The molecule has 0 saturated carbocycles. The Labute approximate surface area is 136 Å². The van der Waals surface area contributed by atoms with Crippen LogP contribution in [-0.2, 0) is 22.5 Å². The molecule has 2 unspecified atom stereocenters. The summed E-state index contributed by atoms with van der Waals surface area (Å²) in [5.41, 5.74) is 0. The molecule has 1 heterocycles. The summed E-state index contributed by atoms with van der Waals surface area (Å²) in [5.74, 6) is 0. The first-order chi connectivity index (χ1) is 10.7. The zero-order chi connectivity index (χ0) is 16.0. The van der Waals surface area contributed by atoms with E-state index in [1.807, 2.05) is 0 Å². The second-order valence-corrected chi connectivity index (χ2v) is 7.82. The molecular formula is C15H30O5P2+2. The van der Waals surface area contributed by atoms with Gasteiger partial charge in [-0.15, -0.1) is 0 Å². The van der Waals surface area contributed by atoms with Gasteiger partial charge in [0.1, 0.15) is 0 Å². The molecule has 128 valence electrons. The molecule has 1 aliphatic heterocycles. The molecule has 0 bridgehead atoms. The van der Waals surface area contributed by atoms with Crippen molar-refractivity contribution in [2.75, 3.05) is 0 Å². The van der Waals surface area contributed by atoms with Gasteiger partial charge in [-0.2, -0.15) is 0 Å². The van der Waals surface area contributed by atoms with Crippen LogP contribution < -0.4 is 0 Å². The van der Waals surface area contributed by atoms with Crippen molar-refractivity contribution in [1.82, 2.24) is 0 Å². The first-order valence-electron chi connectivity index (χ1n) is 8.68. The van der Waals surface area contributed by atoms with Crippen LogP contribution >= 0.6 is 16.5 Å². The van der Waals surface area contributed by atoms with Gasteiger partial charge in [0.05, 0.1) is 0 Å². The van der Waals surface area contributed by atoms with E-state index in [-0.39, 0.29) is 0 Å². The Morgan fingerprint density at radius 2 is 1.09 bits per heavy atom. The maximum Gasteiger partial charge on any atom is 0.750 e. The molecule has 22 heavy (non-hydrogen) atoms. The van der Waals surface area contributed by atoms with Crippen molar-refractivity contribution in [3.63, 3.8) is 0 Å². The van der Waals surface area contributed by atoms with Crippen molar-refractivity contribution < 1.29 is 22.5 Å². The van der Waals surface area contributed by atoms with Gasteiger partial charge < -0.3 is 0 Å². The lowest BCUT2D eigenvalue weighted by molar-refractivity contribution is -0.0222. The van der Waals surface area contributed by atoms with Crippen molar-refractivity contribution in [3.8, 4) is 0 Å². The zero-order valence-corrected chi connectivity index (χ0v) is 15.5. The van der Waals surface area contributed by atoms with E-state index in [2.05, 4.69) is 11.2 Å². The third kappa shape index (κ3) is 10.7. The molecule has 0 aromatic carbocycles. The summed E-state index contributed by atoms with van der Waals surface area (Å²) >= 11 is 0. The molecule has 1 saturated heterocycles. The topological polar surface area (TPSA) is 61.8 Å². The molecule has 2 atom stereocenters. The monoisotopic (exact) mass is 352 g/mol. The molecule has 1 fully saturated rings. The van der Waals surface area contributed by atoms with Gasteiger partial charge in [0.15, 0.2) is 4.31 Å². The van der Waals surface area contributed by atoms with E-state index < -0.39 is 22.8 Å². The average molecular weight is 352 g/mol. The van der Waals surface area contributed by atoms with E-state index in [1.54, 1.807) is 0 Å². The molecule has 0 spiro atoms. The predicted octanol–water partition coefficient (Wildman–Crippen LogP) is 6.78. The SMILES string of the molecule is CCCCCCCCCCCCCCC1O[P+](=O)O[P+](=O)O1. The van der Waals surface area contributed by atoms with E-state index in [1.165, 1.54) is 64.2 Å². The standard InChI is InChI=1S/C15H30O5P2/c1-2-3-4-5-6-7-8-9-10-11-12-13-14-15-18-21(16)20-22(17)19-15/h15H,2-14H2,1H3/q+2. The highest BCUT2D eigenvalue weighted by atomic mass is 31.2. The molecule has 0 aromatic heterocycles. The van der Waals surface area contributed by atoms with Crippen LogP contribution in [0.1, 0.15) is 90.4 Å². The van der Waals surface area contributed by atoms with Crippen LogP contribution in [0.4, 0.5) is 0 Å². The Hall–Kier alpha value is 0.0800. The van der Waals surface area contributed by atoms with E-state index >= 15 is 0 Å². The normalized spacial score (nSPS) is 22.1. The van der Waals surface area contributed by atoms with Gasteiger partial charge >= 0.3 is 16.5 Å². The zero-order valence-electron chi connectivity index (χ0n) is 13.7. The van der Waals surface area contributed by atoms with Crippen LogP contribution in [0.5, 0.6) is 0 Å². The molecule has 5 nitrogen and oxygen atoms in total. The van der Waals surface area contributed by atoms with Gasteiger partial charge in [0.2, 0.25) is 0 Å². The summed E-state index contributed by atoms with van der Waals surface area (Å²) in [6.45, 7) is 2.25. The van der Waals surface area contributed by atoms with E-state index in [4.69, 9.17) is 9.05 Å². The Bertz CT molecular complexity index is 309. The van der Waals surface area contributed by atoms with Gasteiger partial charge in [-0.1, -0.05) is 86.6 Å². The Morgan fingerprint density at radius 3 is 1.55 bits per heavy atom. The van der Waals surface area contributed by atoms with E-state index in [0.717, 1.165) is 12.8 Å². The molecule has 0 radical (unpaired) electrons. The molecule has 1 rings (SSSR count). The van der Waals surface area contributed by atoms with Crippen LogP contribution in [0.2, 0.25) is 0 Å². The number of unbranched alkanes of at least 4 members (excludes halogenated alkanes) is 11. The fraction of sp³-hybridized carbons (Fsp3) is 1.00. The predicted molar refractivity (Wildman–Crippen MR) is 88.0 cm³/mol. The molecule has 0 amide bonds. The molecule has 1 aliphatic rings. The lowest BCUT2D eigenvalue weighted by atomic mass is 10.0. The van der Waals surface area contributed by atoms with Gasteiger partial charge in [-0.3, -0.25) is 0 Å². The summed E-state index contributed by atoms with van der Waals surface area (Å²) < 4.78 is 36.4. The smallest absolute Gasteiger partial charge is 0.0789 e. The minimum absolute atomic E-state index is 0.628. The second kappa shape index (κ2) is 13.5. The second-order valence-electron chi connectivity index (χ2n) is 5.85. The van der Waals surface area contributed by atoms with Crippen LogP contribution in [-0.4, -0.2) is 6.29 Å². The number of hydrogen-bond donors (Lipinski definition) is 0. The minimum atomic E-state index is -2.27. The lowest BCUT2D eigenvalue weighted by Crippen LogP contribution is -2.13. The van der Waals surface area contributed by atoms with E-state index in [0.29, 0.717) is 6.42 Å². The largest absolute Gasteiger partial charge is 0.750 e. The van der Waals surface area contributed by atoms with Crippen molar-refractivity contribution >= 4 is 16.5 Å². The lowest BCUT2D eigenvalue weighted by Gasteiger charge is -2.05. The molecule has 7 heteroatoms. The Kier molecular flexibility index (Phi) is 12.4. The van der Waals surface area contributed by atoms with Crippen molar-refractivity contribution in [2.24, 2.45) is 0 Å². The number of hydrogen-bond acceptors (Lipinski definition) is 5. The van der Waals surface area contributed by atoms with Gasteiger partial charge in [0.25, 0.3) is 6.29 Å². The Morgan fingerprint density at radius 1 is 0.682 bits per heavy atom. The first-order valence-corrected chi connectivity index (χ1v) is 10.9. The maximum absolute atomic E-state index is 11.0. The van der Waals surface area contributed by atoms with Gasteiger partial charge in [-0.25, -0.2) is 0 Å². The van der Waals surface area contributed by atoms with Crippen LogP contribution in [0.25, 0.3) is 0 Å². The third-order valence-corrected chi connectivity index (χ3v) is 5.72. The van der Waals surface area contributed by atoms with Gasteiger partial charge in [0, 0.05) is 15.6 Å². The minimum Gasteiger partial charge on any atom is -0.0789 e. The van der Waals surface area contributed by atoms with Crippen molar-refractivity contribution in [1.29, 1.82) is 0 Å².